The molecule has 0 fully saturated rings. The van der Waals surface area contributed by atoms with E-state index in [1.54, 1.807) is 12.2 Å². The molecule has 0 saturated carbocycles. The van der Waals surface area contributed by atoms with Crippen LogP contribution in [0.15, 0.2) is 27.9 Å². The number of unbranched alkanes of at least 4 members (excludes halogenated alkanes) is 7. The first-order chi connectivity index (χ1) is 13.2. The summed E-state index contributed by atoms with van der Waals surface area (Å²) in [5, 5.41) is 9.12. The van der Waals surface area contributed by atoms with Crippen molar-refractivity contribution in [3.05, 3.63) is 44.8 Å². The Kier molecular flexibility index (Phi) is 9.52. The number of rotatable bonds is 13. The van der Waals surface area contributed by atoms with E-state index in [1.807, 2.05) is 0 Å². The van der Waals surface area contributed by atoms with Crippen LogP contribution in [0.2, 0.25) is 0 Å². The van der Waals surface area contributed by atoms with Crippen LogP contribution in [-0.4, -0.2) is 34.0 Å². The largest absolute Gasteiger partial charge is 0.393 e. The van der Waals surface area contributed by atoms with E-state index < -0.39 is 23.6 Å². The summed E-state index contributed by atoms with van der Waals surface area (Å²) in [5.41, 5.74) is -0.591. The molecule has 1 aromatic rings. The molecule has 0 saturated heterocycles. The van der Waals surface area contributed by atoms with Crippen molar-refractivity contribution < 1.29 is 14.6 Å². The molecule has 152 valence electrons. The highest BCUT2D eigenvalue weighted by atomic mass is 16.5. The van der Waals surface area contributed by atoms with Gasteiger partial charge in [0.05, 0.1) is 18.8 Å². The first-order valence-corrected chi connectivity index (χ1v) is 10.0. The average Bonchev–Trinajstić information content (AvgIpc) is 3.13. The van der Waals surface area contributed by atoms with Gasteiger partial charge in [-0.1, -0.05) is 57.9 Å². The maximum Gasteiger partial charge on any atom is 0.330 e. The third-order valence-electron chi connectivity index (χ3n) is 4.70. The second-order valence-corrected chi connectivity index (χ2v) is 6.98. The Bertz CT molecular complexity index is 694. The molecule has 7 heteroatoms. The molecule has 2 heterocycles. The lowest BCUT2D eigenvalue weighted by atomic mass is 10.1. The van der Waals surface area contributed by atoms with Crippen molar-refractivity contribution in [3.8, 4) is 0 Å². The average molecular weight is 380 g/mol. The van der Waals surface area contributed by atoms with Crippen LogP contribution in [0, 0.1) is 0 Å². The summed E-state index contributed by atoms with van der Waals surface area (Å²) < 4.78 is 12.4. The topological polar surface area (TPSA) is 93.6 Å². The van der Waals surface area contributed by atoms with Crippen LogP contribution in [-0.2, 0) is 16.1 Å². The summed E-state index contributed by atoms with van der Waals surface area (Å²) in [6.45, 7) is 2.82. The Balaban J connectivity index is 1.73. The molecule has 2 atom stereocenters. The van der Waals surface area contributed by atoms with E-state index in [9.17, 15) is 9.59 Å². The number of ether oxygens (including phenoxy) is 2. The molecule has 7 nitrogen and oxygen atoms in total. The van der Waals surface area contributed by atoms with Gasteiger partial charge in [-0.25, -0.2) is 4.79 Å². The Morgan fingerprint density at radius 1 is 1.11 bits per heavy atom. The Morgan fingerprint density at radius 2 is 1.81 bits per heavy atom. The van der Waals surface area contributed by atoms with Crippen molar-refractivity contribution in [2.24, 2.45) is 0 Å². The van der Waals surface area contributed by atoms with Crippen LogP contribution in [0.3, 0.4) is 0 Å². The van der Waals surface area contributed by atoms with Gasteiger partial charge in [0, 0.05) is 12.8 Å². The zero-order chi connectivity index (χ0) is 19.5. The number of hydrogen-bond acceptors (Lipinski definition) is 5. The fourth-order valence-electron chi connectivity index (χ4n) is 3.09. The van der Waals surface area contributed by atoms with Crippen LogP contribution < -0.4 is 11.2 Å². The minimum absolute atomic E-state index is 0.153. The lowest BCUT2D eigenvalue weighted by molar-refractivity contribution is -0.0107. The lowest BCUT2D eigenvalue weighted by Gasteiger charge is -2.15. The summed E-state index contributed by atoms with van der Waals surface area (Å²) >= 11 is 0. The Morgan fingerprint density at radius 3 is 2.48 bits per heavy atom. The van der Waals surface area contributed by atoms with E-state index in [1.165, 1.54) is 49.3 Å². The van der Waals surface area contributed by atoms with Gasteiger partial charge in [-0.05, 0) is 12.5 Å². The van der Waals surface area contributed by atoms with Gasteiger partial charge in [-0.15, -0.1) is 0 Å². The van der Waals surface area contributed by atoms with Gasteiger partial charge in [-0.2, -0.15) is 0 Å². The molecule has 0 bridgehead atoms. The number of nitrogens with zero attached hydrogens (tertiary/aromatic N) is 1. The van der Waals surface area contributed by atoms with E-state index in [4.69, 9.17) is 14.6 Å². The maximum atomic E-state index is 12.0. The zero-order valence-corrected chi connectivity index (χ0v) is 16.2. The number of aliphatic hydroxyl groups excluding tert-OH is 1. The molecular formula is C20H32N2O5. The number of aromatic nitrogens is 2. The molecule has 2 N–H and O–H groups in total. The molecule has 0 spiro atoms. The van der Waals surface area contributed by atoms with Crippen molar-refractivity contribution in [2.45, 2.75) is 77.2 Å². The minimum Gasteiger partial charge on any atom is -0.393 e. The van der Waals surface area contributed by atoms with Crippen molar-refractivity contribution in [2.75, 3.05) is 13.2 Å². The van der Waals surface area contributed by atoms with Crippen molar-refractivity contribution >= 4 is 0 Å². The minimum atomic E-state index is -0.627. The second kappa shape index (κ2) is 11.9. The molecule has 0 aromatic carbocycles. The van der Waals surface area contributed by atoms with Crippen LogP contribution in [0.5, 0.6) is 0 Å². The summed E-state index contributed by atoms with van der Waals surface area (Å²) in [6, 6.07) is 0. The summed E-state index contributed by atoms with van der Waals surface area (Å²) in [6.07, 6.45) is 13.6. The molecule has 0 amide bonds. The van der Waals surface area contributed by atoms with Gasteiger partial charge in [0.25, 0.3) is 5.56 Å². The molecule has 1 aliphatic rings. The fourth-order valence-corrected chi connectivity index (χ4v) is 3.09. The molecular weight excluding hydrogens is 348 g/mol. The SMILES string of the molecule is CCCCCCCCCCOCc1cn([C@H]2C=C[C@@H](CO)O2)c(=O)[nH]c1=O. The van der Waals surface area contributed by atoms with E-state index >= 15 is 0 Å². The predicted octanol–water partition coefficient (Wildman–Crippen LogP) is 2.64. The monoisotopic (exact) mass is 380 g/mol. The lowest BCUT2D eigenvalue weighted by Crippen LogP contribution is -2.34. The van der Waals surface area contributed by atoms with Gasteiger partial charge in [0.2, 0.25) is 0 Å². The molecule has 27 heavy (non-hydrogen) atoms. The smallest absolute Gasteiger partial charge is 0.330 e. The second-order valence-electron chi connectivity index (χ2n) is 6.98. The number of aliphatic hydroxyl groups is 1. The van der Waals surface area contributed by atoms with Gasteiger partial charge in [-0.3, -0.25) is 14.3 Å². The first-order valence-electron chi connectivity index (χ1n) is 10.0. The molecule has 0 aliphatic carbocycles. The van der Waals surface area contributed by atoms with Crippen molar-refractivity contribution in [1.29, 1.82) is 0 Å². The highest BCUT2D eigenvalue weighted by molar-refractivity contribution is 5.07. The third kappa shape index (κ3) is 7.08. The Labute approximate surface area is 160 Å². The standard InChI is InChI=1S/C20H32N2O5/c1-2-3-4-5-6-7-8-9-12-26-15-16-13-22(20(25)21-19(16)24)18-11-10-17(14-23)27-18/h10-11,13,17-18,23H,2-9,12,14-15H2,1H3,(H,21,24,25)/t17-,18+/m0/s1. The highest BCUT2D eigenvalue weighted by Gasteiger charge is 2.21. The van der Waals surface area contributed by atoms with E-state index in [0.29, 0.717) is 12.2 Å². The Hall–Kier alpha value is -1.70. The van der Waals surface area contributed by atoms with E-state index in [-0.39, 0.29) is 13.2 Å². The third-order valence-corrected chi connectivity index (χ3v) is 4.70. The van der Waals surface area contributed by atoms with E-state index in [0.717, 1.165) is 12.8 Å². The zero-order valence-electron chi connectivity index (χ0n) is 16.2. The van der Waals surface area contributed by atoms with Gasteiger partial charge < -0.3 is 14.6 Å². The molecule has 0 radical (unpaired) electrons. The molecule has 0 unspecified atom stereocenters. The summed E-state index contributed by atoms with van der Waals surface area (Å²) in [5.74, 6) is 0. The van der Waals surface area contributed by atoms with Gasteiger partial charge in [0.15, 0.2) is 6.23 Å². The van der Waals surface area contributed by atoms with Crippen molar-refractivity contribution in [3.63, 3.8) is 0 Å². The number of H-pyrrole nitrogens is 1. The molecule has 2 rings (SSSR count). The fraction of sp³-hybridized carbons (Fsp3) is 0.700. The number of aromatic amines is 1. The molecule has 1 aliphatic heterocycles. The van der Waals surface area contributed by atoms with Crippen LogP contribution in [0.25, 0.3) is 0 Å². The number of hydrogen-bond donors (Lipinski definition) is 2. The first kappa shape index (κ1) is 21.6. The van der Waals surface area contributed by atoms with Crippen LogP contribution in [0.4, 0.5) is 0 Å². The summed E-state index contributed by atoms with van der Waals surface area (Å²) in [4.78, 5) is 26.3. The van der Waals surface area contributed by atoms with Crippen LogP contribution in [0.1, 0.15) is 70.1 Å². The van der Waals surface area contributed by atoms with Crippen molar-refractivity contribution in [1.82, 2.24) is 9.55 Å². The van der Waals surface area contributed by atoms with E-state index in [2.05, 4.69) is 11.9 Å². The molecule has 1 aromatic heterocycles. The van der Waals surface area contributed by atoms with Crippen LogP contribution >= 0.6 is 0 Å². The normalized spacial score (nSPS) is 19.0. The van der Waals surface area contributed by atoms with Gasteiger partial charge >= 0.3 is 5.69 Å². The number of nitrogens with one attached hydrogen (secondary N) is 1. The van der Waals surface area contributed by atoms with Gasteiger partial charge in [0.1, 0.15) is 6.10 Å². The summed E-state index contributed by atoms with van der Waals surface area (Å²) in [7, 11) is 0. The predicted molar refractivity (Wildman–Crippen MR) is 104 cm³/mol. The quantitative estimate of drug-likeness (QED) is 0.405. The maximum absolute atomic E-state index is 12.0. The highest BCUT2D eigenvalue weighted by Crippen LogP contribution is 2.19.